The molecule has 1 aliphatic heterocycles. The number of nitrogens with zero attached hydrogens (tertiary/aromatic N) is 2. The van der Waals surface area contributed by atoms with Crippen molar-refractivity contribution in [2.75, 3.05) is 6.54 Å². The van der Waals surface area contributed by atoms with Gasteiger partial charge < -0.3 is 9.40 Å². The fraction of sp³-hybridized carbons (Fsp3) is 0.182. The van der Waals surface area contributed by atoms with Crippen LogP contribution < -0.4 is 5.56 Å². The smallest absolute Gasteiger partial charge is 0.256 e. The van der Waals surface area contributed by atoms with Crippen molar-refractivity contribution >= 4 is 11.3 Å². The number of aromatic amines is 1. The molecule has 0 atom stereocenters. The number of thiophene rings is 1. The van der Waals surface area contributed by atoms with E-state index < -0.39 is 0 Å². The molecule has 3 aromatic heterocycles. The predicted molar refractivity (Wildman–Crippen MR) is 110 cm³/mol. The van der Waals surface area contributed by atoms with E-state index in [-0.39, 0.29) is 5.56 Å². The highest BCUT2D eigenvalue weighted by Gasteiger charge is 2.22. The van der Waals surface area contributed by atoms with E-state index in [1.807, 2.05) is 6.07 Å². The minimum absolute atomic E-state index is 0.0720. The van der Waals surface area contributed by atoms with Gasteiger partial charge in [0, 0.05) is 30.9 Å². The molecule has 0 spiro atoms. The summed E-state index contributed by atoms with van der Waals surface area (Å²) < 4.78 is 5.36. The van der Waals surface area contributed by atoms with Gasteiger partial charge in [0.25, 0.3) is 5.56 Å². The quantitative estimate of drug-likeness (QED) is 0.565. The molecule has 5 rings (SSSR count). The summed E-state index contributed by atoms with van der Waals surface area (Å²) in [5.41, 5.74) is 4.06. The number of hydrogen-bond acceptors (Lipinski definition) is 5. The Morgan fingerprint density at radius 3 is 2.86 bits per heavy atom. The molecule has 1 N–H and O–H groups in total. The molecule has 140 valence electrons. The molecule has 0 fully saturated rings. The summed E-state index contributed by atoms with van der Waals surface area (Å²) in [6.45, 7) is 2.35. The molecule has 4 heterocycles. The number of rotatable bonds is 4. The molecule has 28 heavy (non-hydrogen) atoms. The van der Waals surface area contributed by atoms with E-state index in [1.54, 1.807) is 29.7 Å². The van der Waals surface area contributed by atoms with Gasteiger partial charge in [0.05, 0.1) is 17.5 Å². The maximum absolute atomic E-state index is 12.6. The van der Waals surface area contributed by atoms with Gasteiger partial charge in [-0.3, -0.25) is 9.69 Å². The fourth-order valence-electron chi connectivity index (χ4n) is 3.61. The average Bonchev–Trinajstić information content (AvgIpc) is 3.41. The zero-order valence-corrected chi connectivity index (χ0v) is 16.0. The van der Waals surface area contributed by atoms with Gasteiger partial charge in [-0.25, -0.2) is 4.98 Å². The van der Waals surface area contributed by atoms with Gasteiger partial charge >= 0.3 is 0 Å². The van der Waals surface area contributed by atoms with E-state index >= 15 is 0 Å². The van der Waals surface area contributed by atoms with E-state index in [9.17, 15) is 4.79 Å². The van der Waals surface area contributed by atoms with Crippen LogP contribution in [0.15, 0.2) is 69.4 Å². The first-order valence-electron chi connectivity index (χ1n) is 9.27. The van der Waals surface area contributed by atoms with Crippen molar-refractivity contribution in [2.24, 2.45) is 0 Å². The summed E-state index contributed by atoms with van der Waals surface area (Å²) in [5, 5.41) is 2.20. The van der Waals surface area contributed by atoms with Crippen molar-refractivity contribution in [1.82, 2.24) is 14.9 Å². The Morgan fingerprint density at radius 1 is 1.14 bits per heavy atom. The van der Waals surface area contributed by atoms with Crippen LogP contribution in [0.2, 0.25) is 0 Å². The number of H-pyrrole nitrogens is 1. The van der Waals surface area contributed by atoms with E-state index in [2.05, 4.69) is 50.6 Å². The van der Waals surface area contributed by atoms with Gasteiger partial charge in [0.1, 0.15) is 0 Å². The van der Waals surface area contributed by atoms with Gasteiger partial charge in [-0.1, -0.05) is 30.3 Å². The van der Waals surface area contributed by atoms with Crippen molar-refractivity contribution in [1.29, 1.82) is 0 Å². The summed E-state index contributed by atoms with van der Waals surface area (Å²) in [6.07, 6.45) is 2.35. The monoisotopic (exact) mass is 389 g/mol. The Labute approximate surface area is 166 Å². The third-order valence-electron chi connectivity index (χ3n) is 5.04. The second kappa shape index (κ2) is 7.22. The van der Waals surface area contributed by atoms with E-state index in [4.69, 9.17) is 4.42 Å². The minimum atomic E-state index is -0.0720. The zero-order valence-electron chi connectivity index (χ0n) is 15.2. The summed E-state index contributed by atoms with van der Waals surface area (Å²) in [6, 6.07) is 16.3. The topological polar surface area (TPSA) is 62.1 Å². The van der Waals surface area contributed by atoms with Crippen LogP contribution >= 0.6 is 11.3 Å². The van der Waals surface area contributed by atoms with Gasteiger partial charge in [0.15, 0.2) is 11.6 Å². The van der Waals surface area contributed by atoms with Crippen molar-refractivity contribution < 1.29 is 4.42 Å². The third-order valence-corrected chi connectivity index (χ3v) is 5.96. The van der Waals surface area contributed by atoms with Gasteiger partial charge in [-0.2, -0.15) is 0 Å². The van der Waals surface area contributed by atoms with Crippen LogP contribution in [0.25, 0.3) is 22.7 Å². The Bertz CT molecular complexity index is 1150. The zero-order chi connectivity index (χ0) is 18.9. The van der Waals surface area contributed by atoms with Crippen LogP contribution in [0.3, 0.4) is 0 Å². The predicted octanol–water partition coefficient (Wildman–Crippen LogP) is 4.32. The van der Waals surface area contributed by atoms with Gasteiger partial charge in [-0.05, 0) is 34.7 Å². The standard InChI is InChI=1S/C22H19N3O2S/c26-22-18-13-25(9-8-19(18)23-21(24-22)20-7-4-10-27-20)12-17-11-16(14-28-17)15-5-2-1-3-6-15/h1-7,10-11,14H,8-9,12-13H2,(H,23,24,26). The summed E-state index contributed by atoms with van der Waals surface area (Å²) >= 11 is 1.77. The fourth-order valence-corrected chi connectivity index (χ4v) is 4.55. The number of benzene rings is 1. The minimum Gasteiger partial charge on any atom is -0.461 e. The Morgan fingerprint density at radius 2 is 2.04 bits per heavy atom. The van der Waals surface area contributed by atoms with Gasteiger partial charge in [-0.15, -0.1) is 11.3 Å². The second-order valence-electron chi connectivity index (χ2n) is 6.95. The molecule has 1 aliphatic rings. The van der Waals surface area contributed by atoms with Gasteiger partial charge in [0.2, 0.25) is 0 Å². The molecule has 5 nitrogen and oxygen atoms in total. The maximum Gasteiger partial charge on any atom is 0.256 e. The third kappa shape index (κ3) is 3.32. The summed E-state index contributed by atoms with van der Waals surface area (Å²) in [7, 11) is 0. The molecular formula is C22H19N3O2S. The van der Waals surface area contributed by atoms with Crippen LogP contribution in [-0.2, 0) is 19.5 Å². The normalized spacial score (nSPS) is 14.1. The molecular weight excluding hydrogens is 370 g/mol. The first-order chi connectivity index (χ1) is 13.8. The van der Waals surface area contributed by atoms with Crippen molar-refractivity contribution in [3.05, 3.63) is 86.7 Å². The van der Waals surface area contributed by atoms with Crippen LogP contribution in [0, 0.1) is 0 Å². The first-order valence-corrected chi connectivity index (χ1v) is 10.2. The maximum atomic E-state index is 12.6. The molecule has 0 saturated heterocycles. The SMILES string of the molecule is O=c1[nH]c(-c2ccco2)nc2c1CN(Cc1cc(-c3ccccc3)cs1)CC2. The van der Waals surface area contributed by atoms with Crippen molar-refractivity contribution in [3.63, 3.8) is 0 Å². The van der Waals surface area contributed by atoms with Crippen LogP contribution in [-0.4, -0.2) is 21.4 Å². The Hall–Kier alpha value is -2.96. The number of nitrogens with one attached hydrogen (secondary N) is 1. The largest absolute Gasteiger partial charge is 0.461 e. The number of furan rings is 1. The molecule has 0 radical (unpaired) electrons. The Balaban J connectivity index is 1.34. The molecule has 0 saturated carbocycles. The molecule has 0 amide bonds. The molecule has 0 bridgehead atoms. The van der Waals surface area contributed by atoms with Crippen LogP contribution in [0.5, 0.6) is 0 Å². The molecule has 6 heteroatoms. The van der Waals surface area contributed by atoms with Crippen LogP contribution in [0.1, 0.15) is 16.1 Å². The molecule has 0 aliphatic carbocycles. The van der Waals surface area contributed by atoms with Crippen molar-refractivity contribution in [2.45, 2.75) is 19.5 Å². The van der Waals surface area contributed by atoms with Crippen molar-refractivity contribution in [3.8, 4) is 22.7 Å². The van der Waals surface area contributed by atoms with E-state index in [0.717, 1.165) is 30.8 Å². The lowest BCUT2D eigenvalue weighted by Gasteiger charge is -2.27. The Kier molecular flexibility index (Phi) is 4.43. The number of aromatic nitrogens is 2. The van der Waals surface area contributed by atoms with E-state index in [0.29, 0.717) is 18.1 Å². The molecule has 0 unspecified atom stereocenters. The lowest BCUT2D eigenvalue weighted by molar-refractivity contribution is 0.244. The second-order valence-corrected chi connectivity index (χ2v) is 7.94. The van der Waals surface area contributed by atoms with E-state index in [1.165, 1.54) is 16.0 Å². The lowest BCUT2D eigenvalue weighted by atomic mass is 10.1. The number of hydrogen-bond donors (Lipinski definition) is 1. The first kappa shape index (κ1) is 17.2. The highest BCUT2D eigenvalue weighted by molar-refractivity contribution is 7.10. The summed E-state index contributed by atoms with van der Waals surface area (Å²) in [5.74, 6) is 1.10. The number of fused-ring (bicyclic) bond motifs is 1. The van der Waals surface area contributed by atoms with Crippen LogP contribution in [0.4, 0.5) is 0 Å². The highest BCUT2D eigenvalue weighted by atomic mass is 32.1. The summed E-state index contributed by atoms with van der Waals surface area (Å²) in [4.78, 5) is 23.7. The average molecular weight is 389 g/mol. The molecule has 1 aromatic carbocycles. The highest BCUT2D eigenvalue weighted by Crippen LogP contribution is 2.27. The molecule has 4 aromatic rings. The lowest BCUT2D eigenvalue weighted by Crippen LogP contribution is -2.35.